The van der Waals surface area contributed by atoms with Gasteiger partial charge in [0, 0.05) is 44.2 Å². The second kappa shape index (κ2) is 9.12. The molecule has 0 bridgehead atoms. The summed E-state index contributed by atoms with van der Waals surface area (Å²) in [6.45, 7) is 20.3. The largest absolute Gasteiger partial charge is 0.381 e. The number of hydrogen-bond donors (Lipinski definition) is 1. The summed E-state index contributed by atoms with van der Waals surface area (Å²) in [7, 11) is 0. The highest BCUT2D eigenvalue weighted by molar-refractivity contribution is 4.88. The van der Waals surface area contributed by atoms with Crippen molar-refractivity contribution in [3.63, 3.8) is 0 Å². The molecule has 1 heterocycles. The Morgan fingerprint density at radius 2 is 1.67 bits per heavy atom. The van der Waals surface area contributed by atoms with Crippen molar-refractivity contribution in [2.45, 2.75) is 60.4 Å². The molecule has 0 aromatic rings. The van der Waals surface area contributed by atoms with E-state index in [1.54, 1.807) is 0 Å². The summed E-state index contributed by atoms with van der Waals surface area (Å²) in [4.78, 5) is 2.67. The van der Waals surface area contributed by atoms with E-state index in [4.69, 9.17) is 4.74 Å². The SMILES string of the molecule is CC(C)CN(CC(C)C)CC1(CNC(C)C)CCCOC1. The van der Waals surface area contributed by atoms with Crippen LogP contribution in [0.1, 0.15) is 54.4 Å². The van der Waals surface area contributed by atoms with Crippen molar-refractivity contribution < 1.29 is 4.74 Å². The minimum Gasteiger partial charge on any atom is -0.381 e. The van der Waals surface area contributed by atoms with E-state index >= 15 is 0 Å². The van der Waals surface area contributed by atoms with E-state index in [0.717, 1.165) is 31.6 Å². The third kappa shape index (κ3) is 7.62. The maximum atomic E-state index is 5.86. The second-order valence-electron chi connectivity index (χ2n) is 8.17. The molecule has 0 spiro atoms. The third-order valence-electron chi connectivity index (χ3n) is 4.10. The van der Waals surface area contributed by atoms with Crippen LogP contribution in [-0.4, -0.2) is 50.3 Å². The van der Waals surface area contributed by atoms with Crippen LogP contribution in [0.25, 0.3) is 0 Å². The highest BCUT2D eigenvalue weighted by Crippen LogP contribution is 2.30. The van der Waals surface area contributed by atoms with Gasteiger partial charge in [0.2, 0.25) is 0 Å². The average Bonchev–Trinajstić information content (AvgIpc) is 2.36. The molecule has 1 aliphatic rings. The first kappa shape index (κ1) is 18.9. The first-order chi connectivity index (χ1) is 9.83. The molecule has 1 N–H and O–H groups in total. The maximum absolute atomic E-state index is 5.86. The highest BCUT2D eigenvalue weighted by atomic mass is 16.5. The van der Waals surface area contributed by atoms with Gasteiger partial charge < -0.3 is 15.0 Å². The van der Waals surface area contributed by atoms with Gasteiger partial charge in [0.05, 0.1) is 6.61 Å². The molecule has 0 aliphatic carbocycles. The third-order valence-corrected chi connectivity index (χ3v) is 4.10. The van der Waals surface area contributed by atoms with Crippen molar-refractivity contribution in [2.75, 3.05) is 39.4 Å². The Labute approximate surface area is 132 Å². The Morgan fingerprint density at radius 1 is 1.05 bits per heavy atom. The molecule has 3 nitrogen and oxygen atoms in total. The zero-order valence-corrected chi connectivity index (χ0v) is 15.2. The van der Waals surface area contributed by atoms with Gasteiger partial charge in [-0.15, -0.1) is 0 Å². The summed E-state index contributed by atoms with van der Waals surface area (Å²) >= 11 is 0. The standard InChI is InChI=1S/C18H38N2O/c1-15(2)10-20(11-16(3)4)13-18(12-19-17(5)6)8-7-9-21-14-18/h15-17,19H,7-14H2,1-6H3. The predicted octanol–water partition coefficient (Wildman–Crippen LogP) is 3.40. The number of rotatable bonds is 9. The lowest BCUT2D eigenvalue weighted by molar-refractivity contribution is -0.0300. The lowest BCUT2D eigenvalue weighted by Gasteiger charge is -2.42. The highest BCUT2D eigenvalue weighted by Gasteiger charge is 2.35. The van der Waals surface area contributed by atoms with E-state index in [9.17, 15) is 0 Å². The Bertz CT molecular complexity index is 260. The number of nitrogens with zero attached hydrogens (tertiary/aromatic N) is 1. The summed E-state index contributed by atoms with van der Waals surface area (Å²) in [5, 5.41) is 3.66. The summed E-state index contributed by atoms with van der Waals surface area (Å²) < 4.78 is 5.86. The fourth-order valence-corrected chi connectivity index (χ4v) is 3.36. The van der Waals surface area contributed by atoms with Gasteiger partial charge in [-0.25, -0.2) is 0 Å². The quantitative estimate of drug-likeness (QED) is 0.706. The van der Waals surface area contributed by atoms with E-state index in [2.05, 4.69) is 51.8 Å². The first-order valence-electron chi connectivity index (χ1n) is 8.86. The van der Waals surface area contributed by atoms with Crippen molar-refractivity contribution in [3.8, 4) is 0 Å². The molecule has 3 heteroatoms. The van der Waals surface area contributed by atoms with Crippen molar-refractivity contribution >= 4 is 0 Å². The fraction of sp³-hybridized carbons (Fsp3) is 1.00. The number of ether oxygens (including phenoxy) is 1. The first-order valence-corrected chi connectivity index (χ1v) is 8.86. The molecule has 1 aliphatic heterocycles. The van der Waals surface area contributed by atoms with Gasteiger partial charge in [-0.2, -0.15) is 0 Å². The van der Waals surface area contributed by atoms with Crippen LogP contribution in [0.15, 0.2) is 0 Å². The van der Waals surface area contributed by atoms with E-state index < -0.39 is 0 Å². The van der Waals surface area contributed by atoms with Crippen LogP contribution >= 0.6 is 0 Å². The lowest BCUT2D eigenvalue weighted by atomic mass is 9.81. The molecule has 0 aromatic carbocycles. The summed E-state index contributed by atoms with van der Waals surface area (Å²) in [5.74, 6) is 1.45. The Kier molecular flexibility index (Phi) is 8.22. The molecular formula is C18H38N2O. The molecule has 0 amide bonds. The monoisotopic (exact) mass is 298 g/mol. The van der Waals surface area contributed by atoms with E-state index in [-0.39, 0.29) is 0 Å². The van der Waals surface area contributed by atoms with Gasteiger partial charge in [-0.3, -0.25) is 0 Å². The van der Waals surface area contributed by atoms with Gasteiger partial charge in [-0.05, 0) is 24.7 Å². The molecule has 1 rings (SSSR count). The Morgan fingerprint density at radius 3 is 2.10 bits per heavy atom. The predicted molar refractivity (Wildman–Crippen MR) is 91.7 cm³/mol. The van der Waals surface area contributed by atoms with Crippen LogP contribution in [0.2, 0.25) is 0 Å². The van der Waals surface area contributed by atoms with Crippen LogP contribution in [-0.2, 0) is 4.74 Å². The maximum Gasteiger partial charge on any atom is 0.0546 e. The molecular weight excluding hydrogens is 260 g/mol. The molecule has 1 saturated heterocycles. The number of nitrogens with one attached hydrogen (secondary N) is 1. The molecule has 126 valence electrons. The number of hydrogen-bond acceptors (Lipinski definition) is 3. The van der Waals surface area contributed by atoms with Crippen LogP contribution in [0.5, 0.6) is 0 Å². The van der Waals surface area contributed by atoms with Gasteiger partial charge in [0.25, 0.3) is 0 Å². The molecule has 1 fully saturated rings. The summed E-state index contributed by atoms with van der Waals surface area (Å²) in [6.07, 6.45) is 2.50. The Balaban J connectivity index is 2.70. The van der Waals surface area contributed by atoms with Crippen LogP contribution < -0.4 is 5.32 Å². The normalized spacial score (nSPS) is 23.7. The van der Waals surface area contributed by atoms with Crippen molar-refractivity contribution in [3.05, 3.63) is 0 Å². The lowest BCUT2D eigenvalue weighted by Crippen LogP contribution is -2.51. The minimum absolute atomic E-state index is 0.298. The van der Waals surface area contributed by atoms with E-state index in [1.165, 1.54) is 32.5 Å². The van der Waals surface area contributed by atoms with Crippen molar-refractivity contribution in [2.24, 2.45) is 17.3 Å². The zero-order chi connectivity index (χ0) is 15.9. The van der Waals surface area contributed by atoms with Gasteiger partial charge in [0.1, 0.15) is 0 Å². The van der Waals surface area contributed by atoms with Gasteiger partial charge in [-0.1, -0.05) is 41.5 Å². The second-order valence-corrected chi connectivity index (χ2v) is 8.17. The van der Waals surface area contributed by atoms with E-state index in [1.807, 2.05) is 0 Å². The minimum atomic E-state index is 0.298. The molecule has 0 radical (unpaired) electrons. The topological polar surface area (TPSA) is 24.5 Å². The fourth-order valence-electron chi connectivity index (χ4n) is 3.36. The molecule has 0 saturated carbocycles. The van der Waals surface area contributed by atoms with Crippen molar-refractivity contribution in [1.82, 2.24) is 10.2 Å². The summed E-state index contributed by atoms with van der Waals surface area (Å²) in [6, 6.07) is 0.549. The van der Waals surface area contributed by atoms with Crippen LogP contribution in [0.3, 0.4) is 0 Å². The smallest absolute Gasteiger partial charge is 0.0546 e. The molecule has 1 atom stereocenters. The van der Waals surface area contributed by atoms with Gasteiger partial charge >= 0.3 is 0 Å². The molecule has 1 unspecified atom stereocenters. The zero-order valence-electron chi connectivity index (χ0n) is 15.2. The molecule has 0 aromatic heterocycles. The van der Waals surface area contributed by atoms with Gasteiger partial charge in [0.15, 0.2) is 0 Å². The van der Waals surface area contributed by atoms with E-state index in [0.29, 0.717) is 11.5 Å². The summed E-state index contributed by atoms with van der Waals surface area (Å²) in [5.41, 5.74) is 0.298. The average molecular weight is 299 g/mol. The van der Waals surface area contributed by atoms with Crippen LogP contribution in [0.4, 0.5) is 0 Å². The van der Waals surface area contributed by atoms with Crippen molar-refractivity contribution in [1.29, 1.82) is 0 Å². The van der Waals surface area contributed by atoms with Crippen LogP contribution in [0, 0.1) is 17.3 Å². The molecule has 21 heavy (non-hydrogen) atoms. The Hall–Kier alpha value is -0.120.